The number of phenols is 6. The first-order valence-corrected chi connectivity index (χ1v) is 17.0. The van der Waals surface area contributed by atoms with Gasteiger partial charge < -0.3 is 35.1 Å². The van der Waals surface area contributed by atoms with E-state index >= 15 is 0 Å². The zero-order valence-electron chi connectivity index (χ0n) is 27.8. The van der Waals surface area contributed by atoms with Gasteiger partial charge in [0.1, 0.15) is 22.7 Å². The number of aromatic hydroxyl groups is 6. The molecule has 0 saturated carbocycles. The van der Waals surface area contributed by atoms with Crippen LogP contribution in [0.2, 0.25) is 0 Å². The summed E-state index contributed by atoms with van der Waals surface area (Å²) in [6.07, 6.45) is 0. The van der Waals surface area contributed by atoms with Crippen molar-refractivity contribution in [2.45, 2.75) is 0 Å². The SMILES string of the molecule is Oc1c(O)c(O)c2c(-c3c4ccccc4c(-c4ccc5oc6c7ccccc7ccc6c5c4)c4ccccc34)c(O)c(-c3ccccc3)c(O)c2c1O. The second-order valence-electron chi connectivity index (χ2n) is 13.3. The number of benzene rings is 9. The van der Waals surface area contributed by atoms with Crippen LogP contribution in [0.3, 0.4) is 0 Å². The van der Waals surface area contributed by atoms with E-state index in [9.17, 15) is 30.6 Å². The van der Waals surface area contributed by atoms with Gasteiger partial charge in [0.05, 0.1) is 10.9 Å². The smallest absolute Gasteiger partial charge is 0.205 e. The maximum atomic E-state index is 12.3. The molecule has 10 aromatic rings. The number of rotatable bonds is 3. The number of phenolic OH excluding ortho intramolecular Hbond substituents is 6. The van der Waals surface area contributed by atoms with E-state index in [0.717, 1.165) is 54.6 Å². The molecule has 0 saturated heterocycles. The Morgan fingerprint density at radius 2 is 0.887 bits per heavy atom. The summed E-state index contributed by atoms with van der Waals surface area (Å²) in [6, 6.07) is 42.6. The zero-order chi connectivity index (χ0) is 36.1. The summed E-state index contributed by atoms with van der Waals surface area (Å²) in [5.74, 6) is -4.60. The minimum Gasteiger partial charge on any atom is -0.506 e. The molecule has 10 rings (SSSR count). The minimum absolute atomic E-state index is 0.0186. The summed E-state index contributed by atoms with van der Waals surface area (Å²) < 4.78 is 6.43. The highest BCUT2D eigenvalue weighted by atomic mass is 16.3. The van der Waals surface area contributed by atoms with Crippen LogP contribution >= 0.6 is 0 Å². The molecule has 0 radical (unpaired) electrons. The topological polar surface area (TPSA) is 135 Å². The Kier molecular flexibility index (Phi) is 6.35. The summed E-state index contributed by atoms with van der Waals surface area (Å²) in [5, 5.41) is 74.7. The van der Waals surface area contributed by atoms with Crippen LogP contribution in [0.15, 0.2) is 138 Å². The normalized spacial score (nSPS) is 11.8. The lowest BCUT2D eigenvalue weighted by molar-refractivity contribution is 0.350. The van der Waals surface area contributed by atoms with Gasteiger partial charge in [-0.05, 0) is 61.8 Å². The van der Waals surface area contributed by atoms with Crippen LogP contribution in [0.4, 0.5) is 0 Å². The standard InChI is InChI=1S/C46H28O7/c47-40-35(24-11-2-1-3-12-24)41(48)39-38(42(49)44(51)45(52)43(39)50)37(40)36-29-16-8-6-14-27(29)34(28-15-7-9-17-30(28)36)25-19-21-33-32(22-25)31-20-18-23-10-4-5-13-26(23)46(31)53-33/h1-22,47-52H. The fraction of sp³-hybridized carbons (Fsp3) is 0. The van der Waals surface area contributed by atoms with Crippen molar-refractivity contribution in [3.05, 3.63) is 133 Å². The minimum atomic E-state index is -0.999. The molecule has 6 N–H and O–H groups in total. The van der Waals surface area contributed by atoms with Crippen molar-refractivity contribution in [2.24, 2.45) is 0 Å². The second-order valence-corrected chi connectivity index (χ2v) is 13.3. The summed E-state index contributed by atoms with van der Waals surface area (Å²) in [4.78, 5) is 0. The molecule has 0 bridgehead atoms. The van der Waals surface area contributed by atoms with Crippen molar-refractivity contribution in [1.82, 2.24) is 0 Å². The molecule has 0 amide bonds. The average Bonchev–Trinajstić information content (AvgIpc) is 3.57. The number of fused-ring (bicyclic) bond motifs is 8. The van der Waals surface area contributed by atoms with E-state index in [1.165, 1.54) is 0 Å². The van der Waals surface area contributed by atoms with Crippen LogP contribution in [-0.2, 0) is 0 Å². The Bertz CT molecular complexity index is 3120. The molecule has 0 fully saturated rings. The van der Waals surface area contributed by atoms with Crippen molar-refractivity contribution in [3.63, 3.8) is 0 Å². The lowest BCUT2D eigenvalue weighted by atomic mass is 9.82. The highest BCUT2D eigenvalue weighted by molar-refractivity contribution is 6.27. The first-order chi connectivity index (χ1) is 25.8. The summed E-state index contributed by atoms with van der Waals surface area (Å²) in [7, 11) is 0. The van der Waals surface area contributed by atoms with Gasteiger partial charge in [-0.3, -0.25) is 0 Å². The van der Waals surface area contributed by atoms with E-state index in [2.05, 4.69) is 30.3 Å². The third-order valence-electron chi connectivity index (χ3n) is 10.5. The van der Waals surface area contributed by atoms with E-state index in [-0.39, 0.29) is 27.6 Å². The highest BCUT2D eigenvalue weighted by Crippen LogP contribution is 2.61. The third-order valence-corrected chi connectivity index (χ3v) is 10.5. The largest absolute Gasteiger partial charge is 0.506 e. The molecule has 0 atom stereocenters. The van der Waals surface area contributed by atoms with Crippen molar-refractivity contribution < 1.29 is 35.1 Å². The monoisotopic (exact) mass is 692 g/mol. The number of furan rings is 1. The zero-order valence-corrected chi connectivity index (χ0v) is 27.8. The molecular weight excluding hydrogens is 664 g/mol. The molecule has 0 aliphatic carbocycles. The summed E-state index contributed by atoms with van der Waals surface area (Å²) >= 11 is 0. The van der Waals surface area contributed by atoms with Crippen LogP contribution in [0, 0.1) is 0 Å². The van der Waals surface area contributed by atoms with Crippen molar-refractivity contribution >= 4 is 65.0 Å². The van der Waals surface area contributed by atoms with E-state index < -0.39 is 28.7 Å². The Balaban J connectivity index is 1.36. The predicted octanol–water partition coefficient (Wildman–Crippen LogP) is 11.4. The van der Waals surface area contributed by atoms with Gasteiger partial charge in [-0.2, -0.15) is 0 Å². The van der Waals surface area contributed by atoms with E-state index in [1.54, 1.807) is 30.3 Å². The molecule has 0 aliphatic heterocycles. The quantitative estimate of drug-likeness (QED) is 0.0616. The predicted molar refractivity (Wildman–Crippen MR) is 210 cm³/mol. The molecule has 53 heavy (non-hydrogen) atoms. The Morgan fingerprint density at radius 3 is 1.55 bits per heavy atom. The molecule has 7 nitrogen and oxygen atoms in total. The first-order valence-electron chi connectivity index (χ1n) is 17.0. The number of hydrogen-bond donors (Lipinski definition) is 6. The Morgan fingerprint density at radius 1 is 0.321 bits per heavy atom. The van der Waals surface area contributed by atoms with Gasteiger partial charge in [-0.15, -0.1) is 0 Å². The highest BCUT2D eigenvalue weighted by Gasteiger charge is 2.31. The van der Waals surface area contributed by atoms with Crippen molar-refractivity contribution in [2.75, 3.05) is 0 Å². The fourth-order valence-corrected chi connectivity index (χ4v) is 8.14. The molecular formula is C46H28O7. The third kappa shape index (κ3) is 4.16. The lowest BCUT2D eigenvalue weighted by Crippen LogP contribution is -1.95. The fourth-order valence-electron chi connectivity index (χ4n) is 8.14. The van der Waals surface area contributed by atoms with Crippen molar-refractivity contribution in [1.29, 1.82) is 0 Å². The van der Waals surface area contributed by atoms with Crippen LogP contribution < -0.4 is 0 Å². The van der Waals surface area contributed by atoms with Crippen molar-refractivity contribution in [3.8, 4) is 67.9 Å². The molecule has 1 heterocycles. The summed E-state index contributed by atoms with van der Waals surface area (Å²) in [5.41, 5.74) is 4.39. The molecule has 1 aromatic heterocycles. The maximum Gasteiger partial charge on any atom is 0.205 e. The lowest BCUT2D eigenvalue weighted by Gasteiger charge is -2.23. The van der Waals surface area contributed by atoms with Gasteiger partial charge in [-0.25, -0.2) is 0 Å². The van der Waals surface area contributed by atoms with Gasteiger partial charge >= 0.3 is 0 Å². The van der Waals surface area contributed by atoms with Gasteiger partial charge in [0.25, 0.3) is 0 Å². The van der Waals surface area contributed by atoms with E-state index in [1.807, 2.05) is 72.8 Å². The van der Waals surface area contributed by atoms with Gasteiger partial charge in [0.15, 0.2) is 11.5 Å². The van der Waals surface area contributed by atoms with Gasteiger partial charge in [-0.1, -0.05) is 115 Å². The Hall–Kier alpha value is -7.38. The molecule has 7 heteroatoms. The molecule has 0 unspecified atom stereocenters. The van der Waals surface area contributed by atoms with E-state index in [0.29, 0.717) is 21.9 Å². The van der Waals surface area contributed by atoms with Gasteiger partial charge in [0, 0.05) is 32.7 Å². The van der Waals surface area contributed by atoms with Crippen LogP contribution in [0.1, 0.15) is 0 Å². The van der Waals surface area contributed by atoms with Gasteiger partial charge in [0.2, 0.25) is 11.5 Å². The van der Waals surface area contributed by atoms with E-state index in [4.69, 9.17) is 4.42 Å². The number of hydrogen-bond acceptors (Lipinski definition) is 7. The average molecular weight is 693 g/mol. The first kappa shape index (κ1) is 30.4. The molecule has 0 spiro atoms. The summed E-state index contributed by atoms with van der Waals surface area (Å²) in [6.45, 7) is 0. The molecule has 254 valence electrons. The molecule has 0 aliphatic rings. The van der Waals surface area contributed by atoms with Crippen LogP contribution in [0.25, 0.3) is 98.4 Å². The molecule has 9 aromatic carbocycles. The Labute approximate surface area is 300 Å². The van der Waals surface area contributed by atoms with Crippen LogP contribution in [-0.4, -0.2) is 30.6 Å². The second kappa shape index (κ2) is 11.1. The van der Waals surface area contributed by atoms with Crippen LogP contribution in [0.5, 0.6) is 34.5 Å². The maximum absolute atomic E-state index is 12.3.